The van der Waals surface area contributed by atoms with Gasteiger partial charge in [-0.3, -0.25) is 9.59 Å². The first-order chi connectivity index (χ1) is 9.08. The molecule has 1 fully saturated rings. The number of carbonyl (C=O) groups is 2. The summed E-state index contributed by atoms with van der Waals surface area (Å²) in [6.07, 6.45) is 3.39. The molecule has 1 unspecified atom stereocenters. The van der Waals surface area contributed by atoms with E-state index in [1.54, 1.807) is 24.1 Å². The van der Waals surface area contributed by atoms with E-state index >= 15 is 0 Å². The van der Waals surface area contributed by atoms with Crippen molar-refractivity contribution in [1.82, 2.24) is 15.2 Å². The maximum absolute atomic E-state index is 12.1. The minimum atomic E-state index is -0.285. The summed E-state index contributed by atoms with van der Waals surface area (Å²) in [6, 6.07) is 3.30. The van der Waals surface area contributed by atoms with E-state index < -0.39 is 0 Å². The van der Waals surface area contributed by atoms with Crippen molar-refractivity contribution in [3.8, 4) is 0 Å². The van der Waals surface area contributed by atoms with Crippen molar-refractivity contribution in [3.63, 3.8) is 0 Å². The Morgan fingerprint density at radius 2 is 2.32 bits per heavy atom. The van der Waals surface area contributed by atoms with Gasteiger partial charge in [0.2, 0.25) is 5.91 Å². The lowest BCUT2D eigenvalue weighted by molar-refractivity contribution is -0.129. The molecule has 0 aliphatic carbocycles. The average Bonchev–Trinajstić information content (AvgIpc) is 2.55. The van der Waals surface area contributed by atoms with Gasteiger partial charge in [-0.1, -0.05) is 11.6 Å². The molecule has 102 valence electrons. The molecule has 19 heavy (non-hydrogen) atoms. The highest BCUT2D eigenvalue weighted by atomic mass is 35.5. The summed E-state index contributed by atoms with van der Waals surface area (Å²) in [5, 5.41) is 3.23. The fraction of sp³-hybridized carbons (Fsp3) is 0.462. The average molecular weight is 282 g/mol. The lowest BCUT2D eigenvalue weighted by Crippen LogP contribution is -2.36. The maximum atomic E-state index is 12.1. The molecular formula is C13H16ClN3O2. The van der Waals surface area contributed by atoms with E-state index in [2.05, 4.69) is 10.3 Å². The molecule has 1 aliphatic rings. The Bertz CT molecular complexity index is 493. The standard InChI is InChI=1S/C13H16ClN3O2/c1-17-8-6-9(4-5-11(17)18)16-13(19)12-10(14)3-2-7-15-12/h2-3,7,9H,4-6,8H2,1H3,(H,16,19). The van der Waals surface area contributed by atoms with Gasteiger partial charge in [-0.05, 0) is 25.0 Å². The third kappa shape index (κ3) is 3.44. The summed E-state index contributed by atoms with van der Waals surface area (Å²) in [7, 11) is 1.78. The fourth-order valence-corrected chi connectivity index (χ4v) is 2.27. The van der Waals surface area contributed by atoms with Gasteiger partial charge in [-0.2, -0.15) is 0 Å². The Kier molecular flexibility index (Phi) is 4.37. The molecule has 0 radical (unpaired) electrons. The van der Waals surface area contributed by atoms with Gasteiger partial charge < -0.3 is 10.2 Å². The molecule has 2 amide bonds. The highest BCUT2D eigenvalue weighted by molar-refractivity contribution is 6.33. The smallest absolute Gasteiger partial charge is 0.271 e. The molecule has 1 aromatic heterocycles. The third-order valence-electron chi connectivity index (χ3n) is 3.25. The normalized spacial score (nSPS) is 20.0. The van der Waals surface area contributed by atoms with E-state index in [-0.39, 0.29) is 23.6 Å². The molecule has 2 heterocycles. The number of halogens is 1. The number of likely N-dealkylation sites (tertiary alicyclic amines) is 1. The molecule has 6 heteroatoms. The molecule has 1 aliphatic heterocycles. The lowest BCUT2D eigenvalue weighted by atomic mass is 10.1. The number of amides is 2. The highest BCUT2D eigenvalue weighted by Crippen LogP contribution is 2.15. The van der Waals surface area contributed by atoms with E-state index in [0.29, 0.717) is 24.4 Å². The Morgan fingerprint density at radius 3 is 3.05 bits per heavy atom. The number of pyridine rings is 1. The number of aromatic nitrogens is 1. The minimum Gasteiger partial charge on any atom is -0.348 e. The molecule has 1 saturated heterocycles. The first kappa shape index (κ1) is 13.8. The van der Waals surface area contributed by atoms with Gasteiger partial charge in [0.05, 0.1) is 5.02 Å². The van der Waals surface area contributed by atoms with Crippen molar-refractivity contribution in [2.24, 2.45) is 0 Å². The van der Waals surface area contributed by atoms with Crippen LogP contribution in [0.15, 0.2) is 18.3 Å². The molecule has 1 aromatic rings. The lowest BCUT2D eigenvalue weighted by Gasteiger charge is -2.16. The zero-order chi connectivity index (χ0) is 13.8. The second-order valence-electron chi connectivity index (χ2n) is 4.65. The summed E-state index contributed by atoms with van der Waals surface area (Å²) in [5.74, 6) is -0.166. The van der Waals surface area contributed by atoms with Crippen molar-refractivity contribution in [2.75, 3.05) is 13.6 Å². The van der Waals surface area contributed by atoms with Crippen molar-refractivity contribution >= 4 is 23.4 Å². The van der Waals surface area contributed by atoms with Crippen LogP contribution in [-0.2, 0) is 4.79 Å². The molecule has 0 saturated carbocycles. The van der Waals surface area contributed by atoms with Gasteiger partial charge in [0.25, 0.3) is 5.91 Å². The molecule has 1 atom stereocenters. The van der Waals surface area contributed by atoms with Crippen LogP contribution in [0.5, 0.6) is 0 Å². The van der Waals surface area contributed by atoms with E-state index in [1.165, 1.54) is 6.20 Å². The van der Waals surface area contributed by atoms with Crippen molar-refractivity contribution < 1.29 is 9.59 Å². The molecule has 5 nitrogen and oxygen atoms in total. The summed E-state index contributed by atoms with van der Waals surface area (Å²) in [4.78, 5) is 29.3. The van der Waals surface area contributed by atoms with Crippen LogP contribution in [0.25, 0.3) is 0 Å². The predicted octanol–water partition coefficient (Wildman–Crippen LogP) is 1.48. The second-order valence-corrected chi connectivity index (χ2v) is 5.05. The van der Waals surface area contributed by atoms with Gasteiger partial charge in [-0.25, -0.2) is 4.98 Å². The third-order valence-corrected chi connectivity index (χ3v) is 3.56. The molecule has 0 aromatic carbocycles. The molecule has 0 spiro atoms. The Hall–Kier alpha value is -1.62. The van der Waals surface area contributed by atoms with E-state index in [1.807, 2.05) is 0 Å². The summed E-state index contributed by atoms with van der Waals surface area (Å²) < 4.78 is 0. The summed E-state index contributed by atoms with van der Waals surface area (Å²) in [5.41, 5.74) is 0.230. The van der Waals surface area contributed by atoms with Crippen LogP contribution in [0.2, 0.25) is 5.02 Å². The second kappa shape index (κ2) is 6.02. The van der Waals surface area contributed by atoms with Crippen LogP contribution < -0.4 is 5.32 Å². The quantitative estimate of drug-likeness (QED) is 0.893. The van der Waals surface area contributed by atoms with Gasteiger partial charge in [0.1, 0.15) is 5.69 Å². The Morgan fingerprint density at radius 1 is 1.53 bits per heavy atom. The van der Waals surface area contributed by atoms with Gasteiger partial charge >= 0.3 is 0 Å². The number of nitrogens with zero attached hydrogens (tertiary/aromatic N) is 2. The number of carbonyl (C=O) groups excluding carboxylic acids is 2. The number of hydrogen-bond donors (Lipinski definition) is 1. The minimum absolute atomic E-state index is 0.0144. The van der Waals surface area contributed by atoms with E-state index in [4.69, 9.17) is 11.6 Å². The fourth-order valence-electron chi connectivity index (χ4n) is 2.06. The number of nitrogens with one attached hydrogen (secondary N) is 1. The predicted molar refractivity (Wildman–Crippen MR) is 72.0 cm³/mol. The van der Waals surface area contributed by atoms with Crippen LogP contribution >= 0.6 is 11.6 Å². The first-order valence-electron chi connectivity index (χ1n) is 6.23. The zero-order valence-electron chi connectivity index (χ0n) is 10.7. The van der Waals surface area contributed by atoms with Crippen molar-refractivity contribution in [3.05, 3.63) is 29.0 Å². The van der Waals surface area contributed by atoms with Gasteiger partial charge in [0, 0.05) is 32.3 Å². The van der Waals surface area contributed by atoms with Crippen LogP contribution in [0, 0.1) is 0 Å². The SMILES string of the molecule is CN1CCC(NC(=O)c2ncccc2Cl)CCC1=O. The number of hydrogen-bond acceptors (Lipinski definition) is 3. The first-order valence-corrected chi connectivity index (χ1v) is 6.61. The molecule has 0 bridgehead atoms. The topological polar surface area (TPSA) is 62.3 Å². The maximum Gasteiger partial charge on any atom is 0.271 e. The monoisotopic (exact) mass is 281 g/mol. The van der Waals surface area contributed by atoms with E-state index in [0.717, 1.165) is 6.42 Å². The molecule has 1 N–H and O–H groups in total. The molecular weight excluding hydrogens is 266 g/mol. The van der Waals surface area contributed by atoms with Gasteiger partial charge in [0.15, 0.2) is 0 Å². The Labute approximate surface area is 117 Å². The van der Waals surface area contributed by atoms with Crippen LogP contribution in [0.3, 0.4) is 0 Å². The Balaban J connectivity index is 2.00. The van der Waals surface area contributed by atoms with Crippen LogP contribution in [-0.4, -0.2) is 41.3 Å². The number of rotatable bonds is 2. The van der Waals surface area contributed by atoms with Crippen LogP contribution in [0.4, 0.5) is 0 Å². The largest absolute Gasteiger partial charge is 0.348 e. The summed E-state index contributed by atoms with van der Waals surface area (Å²) in [6.45, 7) is 0.653. The van der Waals surface area contributed by atoms with Crippen molar-refractivity contribution in [1.29, 1.82) is 0 Å². The van der Waals surface area contributed by atoms with E-state index in [9.17, 15) is 9.59 Å². The summed E-state index contributed by atoms with van der Waals surface area (Å²) >= 11 is 5.93. The van der Waals surface area contributed by atoms with Gasteiger partial charge in [-0.15, -0.1) is 0 Å². The highest BCUT2D eigenvalue weighted by Gasteiger charge is 2.22. The zero-order valence-corrected chi connectivity index (χ0v) is 11.5. The van der Waals surface area contributed by atoms with Crippen molar-refractivity contribution in [2.45, 2.75) is 25.3 Å². The van der Waals surface area contributed by atoms with Crippen LogP contribution in [0.1, 0.15) is 29.8 Å². The molecule has 2 rings (SSSR count).